The lowest BCUT2D eigenvalue weighted by Crippen LogP contribution is -2.27. The Morgan fingerprint density at radius 1 is 0.912 bits per heavy atom. The van der Waals surface area contributed by atoms with Gasteiger partial charge in [0.05, 0.1) is 24.5 Å². The summed E-state index contributed by atoms with van der Waals surface area (Å²) < 4.78 is 13.2. The number of hydrogen-bond donors (Lipinski definition) is 1. The zero-order valence-corrected chi connectivity index (χ0v) is 18.3. The van der Waals surface area contributed by atoms with E-state index in [0.29, 0.717) is 30.2 Å². The van der Waals surface area contributed by atoms with E-state index in [1.807, 2.05) is 84.9 Å². The van der Waals surface area contributed by atoms with Crippen LogP contribution in [0.1, 0.15) is 22.5 Å². The predicted molar refractivity (Wildman–Crippen MR) is 127 cm³/mol. The molecule has 5 rings (SSSR count). The molecule has 0 saturated heterocycles. The van der Waals surface area contributed by atoms with Gasteiger partial charge in [-0.05, 0) is 42.0 Å². The number of carbonyl (C=O) groups is 1. The number of para-hydroxylation sites is 1. The number of carbonyl (C=O) groups excluding carboxylic acids is 1. The molecule has 2 heterocycles. The average molecular weight is 450 g/mol. The highest BCUT2D eigenvalue weighted by molar-refractivity contribution is 5.72. The van der Waals surface area contributed by atoms with Crippen molar-refractivity contribution < 1.29 is 14.3 Å². The van der Waals surface area contributed by atoms with E-state index >= 15 is 0 Å². The van der Waals surface area contributed by atoms with Crippen molar-refractivity contribution in [2.45, 2.75) is 19.7 Å². The molecule has 168 valence electrons. The van der Waals surface area contributed by atoms with Crippen LogP contribution in [0.4, 0.5) is 10.5 Å². The zero-order valence-electron chi connectivity index (χ0n) is 18.3. The minimum Gasteiger partial charge on any atom is -0.457 e. The number of aromatic nitrogens is 1. The number of ether oxygens (including phenoxy) is 2. The summed E-state index contributed by atoms with van der Waals surface area (Å²) in [6, 6.07) is 28.7. The van der Waals surface area contributed by atoms with Crippen LogP contribution in [0.3, 0.4) is 0 Å². The highest BCUT2D eigenvalue weighted by Gasteiger charge is 2.33. The van der Waals surface area contributed by atoms with Crippen LogP contribution in [0.5, 0.6) is 11.5 Å². The van der Waals surface area contributed by atoms with E-state index in [-0.39, 0.29) is 6.61 Å². The van der Waals surface area contributed by atoms with Crippen molar-refractivity contribution >= 4 is 11.8 Å². The maximum absolute atomic E-state index is 12.7. The number of nitrogens with zero attached hydrogens (tertiary/aromatic N) is 3. The van der Waals surface area contributed by atoms with E-state index in [2.05, 4.69) is 6.07 Å². The van der Waals surface area contributed by atoms with Crippen molar-refractivity contribution in [3.8, 4) is 23.3 Å². The summed E-state index contributed by atoms with van der Waals surface area (Å²) in [4.78, 5) is 14.3. The van der Waals surface area contributed by atoms with Gasteiger partial charge in [0.1, 0.15) is 29.9 Å². The highest BCUT2D eigenvalue weighted by Crippen LogP contribution is 2.36. The lowest BCUT2D eigenvalue weighted by atomic mass is 10.2. The van der Waals surface area contributed by atoms with Crippen LogP contribution in [0.2, 0.25) is 0 Å². The molecule has 2 N–H and O–H groups in total. The number of nitriles is 1. The Hall–Kier alpha value is -4.70. The van der Waals surface area contributed by atoms with Gasteiger partial charge in [-0.2, -0.15) is 5.26 Å². The standard InChI is InChI=1S/C27H22N4O3/c28-15-24-26(29)23-16-30(27(32)33-18-19-7-3-1-4-8-19)17-25(23)31(24)20-11-13-22(14-12-20)34-21-9-5-2-6-10-21/h1-14H,16-18,29H2. The van der Waals surface area contributed by atoms with E-state index in [1.54, 1.807) is 9.47 Å². The quantitative estimate of drug-likeness (QED) is 0.441. The molecule has 7 heteroatoms. The molecule has 34 heavy (non-hydrogen) atoms. The molecule has 0 atom stereocenters. The second-order valence-electron chi connectivity index (χ2n) is 7.94. The van der Waals surface area contributed by atoms with Crippen LogP contribution in [0.15, 0.2) is 84.9 Å². The third-order valence-corrected chi connectivity index (χ3v) is 5.75. The molecule has 0 unspecified atom stereocenters. The number of fused-ring (bicyclic) bond motifs is 1. The Bertz CT molecular complexity index is 1360. The van der Waals surface area contributed by atoms with E-state index in [4.69, 9.17) is 15.2 Å². The molecule has 1 aliphatic rings. The summed E-state index contributed by atoms with van der Waals surface area (Å²) in [5.74, 6) is 1.42. The molecule has 1 aliphatic heterocycles. The molecule has 0 saturated carbocycles. The summed E-state index contributed by atoms with van der Waals surface area (Å²) >= 11 is 0. The molecule has 0 aliphatic carbocycles. The molecular weight excluding hydrogens is 428 g/mol. The number of anilines is 1. The van der Waals surface area contributed by atoms with Crippen LogP contribution in [-0.4, -0.2) is 15.6 Å². The van der Waals surface area contributed by atoms with Crippen LogP contribution >= 0.6 is 0 Å². The first-order valence-electron chi connectivity index (χ1n) is 10.8. The van der Waals surface area contributed by atoms with Gasteiger partial charge in [-0.15, -0.1) is 0 Å². The molecule has 1 aromatic heterocycles. The second kappa shape index (κ2) is 9.04. The maximum atomic E-state index is 12.7. The van der Waals surface area contributed by atoms with Gasteiger partial charge in [0.2, 0.25) is 0 Å². The van der Waals surface area contributed by atoms with Crippen molar-refractivity contribution in [2.75, 3.05) is 5.73 Å². The summed E-state index contributed by atoms with van der Waals surface area (Å²) in [5, 5.41) is 9.77. The molecule has 4 aromatic rings. The van der Waals surface area contributed by atoms with Gasteiger partial charge in [0, 0.05) is 11.3 Å². The molecule has 7 nitrogen and oxygen atoms in total. The molecule has 0 radical (unpaired) electrons. The molecule has 0 bridgehead atoms. The number of rotatable bonds is 5. The minimum atomic E-state index is -0.420. The first-order chi connectivity index (χ1) is 16.6. The monoisotopic (exact) mass is 450 g/mol. The van der Waals surface area contributed by atoms with Crippen molar-refractivity contribution in [3.05, 3.63) is 107 Å². The van der Waals surface area contributed by atoms with Gasteiger partial charge in [-0.3, -0.25) is 4.90 Å². The molecule has 3 aromatic carbocycles. The Balaban J connectivity index is 1.36. The van der Waals surface area contributed by atoms with Crippen LogP contribution in [0, 0.1) is 11.3 Å². The summed E-state index contributed by atoms with van der Waals surface area (Å²) in [6.45, 7) is 0.797. The van der Waals surface area contributed by atoms with Gasteiger partial charge >= 0.3 is 6.09 Å². The fourth-order valence-corrected chi connectivity index (χ4v) is 4.08. The Morgan fingerprint density at radius 2 is 1.56 bits per heavy atom. The number of benzene rings is 3. The number of nitrogens with two attached hydrogens (primary N) is 1. The van der Waals surface area contributed by atoms with Crippen molar-refractivity contribution in [3.63, 3.8) is 0 Å². The highest BCUT2D eigenvalue weighted by atomic mass is 16.6. The van der Waals surface area contributed by atoms with Crippen LogP contribution in [-0.2, 0) is 24.4 Å². The fourth-order valence-electron chi connectivity index (χ4n) is 4.08. The third kappa shape index (κ3) is 4.05. The SMILES string of the molecule is N#Cc1c(N)c2c(n1-c1ccc(Oc3ccccc3)cc1)CN(C(=O)OCc1ccccc1)C2. The average Bonchev–Trinajstić information content (AvgIpc) is 3.42. The van der Waals surface area contributed by atoms with E-state index in [9.17, 15) is 10.1 Å². The predicted octanol–water partition coefficient (Wildman–Crippen LogP) is 5.38. The summed E-state index contributed by atoms with van der Waals surface area (Å²) in [5.41, 5.74) is 10.3. The van der Waals surface area contributed by atoms with Gasteiger partial charge in [0.15, 0.2) is 0 Å². The van der Waals surface area contributed by atoms with Crippen molar-refractivity contribution in [1.82, 2.24) is 9.47 Å². The molecular formula is C27H22N4O3. The van der Waals surface area contributed by atoms with Crippen LogP contribution in [0.25, 0.3) is 5.69 Å². The lowest BCUT2D eigenvalue weighted by Gasteiger charge is -2.17. The van der Waals surface area contributed by atoms with E-state index in [1.165, 1.54) is 0 Å². The van der Waals surface area contributed by atoms with Crippen LogP contribution < -0.4 is 10.5 Å². The summed E-state index contributed by atoms with van der Waals surface area (Å²) in [7, 11) is 0. The first-order valence-corrected chi connectivity index (χ1v) is 10.8. The first kappa shape index (κ1) is 21.2. The minimum absolute atomic E-state index is 0.197. The van der Waals surface area contributed by atoms with Crippen molar-refractivity contribution in [2.24, 2.45) is 0 Å². The van der Waals surface area contributed by atoms with Gasteiger partial charge in [-0.1, -0.05) is 48.5 Å². The lowest BCUT2D eigenvalue weighted by molar-refractivity contribution is 0.0951. The van der Waals surface area contributed by atoms with E-state index < -0.39 is 6.09 Å². The third-order valence-electron chi connectivity index (χ3n) is 5.75. The Labute approximate surface area is 197 Å². The summed E-state index contributed by atoms with van der Waals surface area (Å²) in [6.07, 6.45) is -0.420. The van der Waals surface area contributed by atoms with Gasteiger partial charge in [-0.25, -0.2) is 4.79 Å². The van der Waals surface area contributed by atoms with Crippen molar-refractivity contribution in [1.29, 1.82) is 5.26 Å². The maximum Gasteiger partial charge on any atom is 0.410 e. The molecule has 1 amide bonds. The molecule has 0 fully saturated rings. The van der Waals surface area contributed by atoms with Gasteiger partial charge < -0.3 is 19.8 Å². The Kier molecular flexibility index (Phi) is 5.63. The number of amides is 1. The molecule has 0 spiro atoms. The largest absolute Gasteiger partial charge is 0.457 e. The number of nitrogen functional groups attached to an aromatic ring is 1. The normalized spacial score (nSPS) is 12.1. The second-order valence-corrected chi connectivity index (χ2v) is 7.94. The smallest absolute Gasteiger partial charge is 0.410 e. The van der Waals surface area contributed by atoms with Gasteiger partial charge in [0.25, 0.3) is 0 Å². The topological polar surface area (TPSA) is 93.5 Å². The fraction of sp³-hybridized carbons (Fsp3) is 0.111. The number of hydrogen-bond acceptors (Lipinski definition) is 5. The zero-order chi connectivity index (χ0) is 23.5. The Morgan fingerprint density at radius 3 is 2.24 bits per heavy atom. The van der Waals surface area contributed by atoms with E-state index in [0.717, 1.165) is 28.3 Å².